The van der Waals surface area contributed by atoms with Crippen molar-refractivity contribution in [2.75, 3.05) is 39.8 Å². The number of piperidine rings is 2. The summed E-state index contributed by atoms with van der Waals surface area (Å²) in [6.45, 7) is 10.2. The van der Waals surface area contributed by atoms with Crippen LogP contribution in [0.3, 0.4) is 0 Å². The van der Waals surface area contributed by atoms with E-state index in [2.05, 4.69) is 30.7 Å². The Morgan fingerprint density at radius 3 is 2.22 bits per heavy atom. The summed E-state index contributed by atoms with van der Waals surface area (Å²) in [5.74, 6) is 0.524. The van der Waals surface area contributed by atoms with Gasteiger partial charge in [0, 0.05) is 6.54 Å². The molecule has 3 heteroatoms. The minimum atomic E-state index is -0.111. The minimum absolute atomic E-state index is 0.111. The highest BCUT2D eigenvalue weighted by atomic mass is 16.3. The average Bonchev–Trinajstić information content (AvgIpc) is 2.33. The van der Waals surface area contributed by atoms with Crippen molar-refractivity contribution < 1.29 is 5.11 Å². The van der Waals surface area contributed by atoms with Crippen molar-refractivity contribution in [2.24, 2.45) is 11.3 Å². The largest absolute Gasteiger partial charge is 0.392 e. The van der Waals surface area contributed by atoms with E-state index >= 15 is 0 Å². The number of aliphatic hydroxyl groups is 1. The number of hydrogen-bond donors (Lipinski definition) is 1. The predicted molar refractivity (Wildman–Crippen MR) is 75.7 cm³/mol. The molecule has 0 amide bonds. The molecule has 0 spiro atoms. The number of hydrogen-bond acceptors (Lipinski definition) is 3. The lowest BCUT2D eigenvalue weighted by Gasteiger charge is -2.39. The Morgan fingerprint density at radius 1 is 1.11 bits per heavy atom. The van der Waals surface area contributed by atoms with Gasteiger partial charge in [0.15, 0.2) is 0 Å². The zero-order valence-corrected chi connectivity index (χ0v) is 12.4. The van der Waals surface area contributed by atoms with Crippen LogP contribution in [0.25, 0.3) is 0 Å². The van der Waals surface area contributed by atoms with Crippen LogP contribution in [0.5, 0.6) is 0 Å². The van der Waals surface area contributed by atoms with Crippen molar-refractivity contribution in [3.05, 3.63) is 0 Å². The maximum Gasteiger partial charge on any atom is 0.0696 e. The summed E-state index contributed by atoms with van der Waals surface area (Å²) in [4.78, 5) is 4.83. The molecule has 0 aromatic carbocycles. The molecule has 1 atom stereocenters. The minimum Gasteiger partial charge on any atom is -0.392 e. The zero-order chi connectivity index (χ0) is 13.2. The fourth-order valence-electron chi connectivity index (χ4n) is 3.17. The Kier molecular flexibility index (Phi) is 4.68. The van der Waals surface area contributed by atoms with E-state index in [-0.39, 0.29) is 6.10 Å². The van der Waals surface area contributed by atoms with Crippen LogP contribution < -0.4 is 0 Å². The molecule has 2 fully saturated rings. The molecule has 2 saturated heterocycles. The van der Waals surface area contributed by atoms with E-state index in [4.69, 9.17) is 0 Å². The second-order valence-corrected chi connectivity index (χ2v) is 7.17. The SMILES string of the molecule is CN1CCC(C(O)CN2CCC(C)(C)CC2)CC1. The third-order valence-electron chi connectivity index (χ3n) is 4.96. The van der Waals surface area contributed by atoms with E-state index in [0.717, 1.165) is 45.6 Å². The molecule has 0 radical (unpaired) electrons. The van der Waals surface area contributed by atoms with Crippen molar-refractivity contribution >= 4 is 0 Å². The van der Waals surface area contributed by atoms with Gasteiger partial charge in [0.05, 0.1) is 6.10 Å². The first kappa shape index (κ1) is 14.3. The van der Waals surface area contributed by atoms with Gasteiger partial charge in [0.1, 0.15) is 0 Å². The summed E-state index contributed by atoms with van der Waals surface area (Å²) in [6.07, 6.45) is 4.76. The second kappa shape index (κ2) is 5.89. The molecule has 2 aliphatic rings. The van der Waals surface area contributed by atoms with Crippen LogP contribution >= 0.6 is 0 Å². The number of nitrogens with zero attached hydrogens (tertiary/aromatic N) is 2. The molecule has 0 bridgehead atoms. The number of aliphatic hydroxyl groups excluding tert-OH is 1. The quantitative estimate of drug-likeness (QED) is 0.832. The first-order chi connectivity index (χ1) is 8.46. The number of likely N-dealkylation sites (tertiary alicyclic amines) is 2. The molecule has 3 nitrogen and oxygen atoms in total. The molecule has 18 heavy (non-hydrogen) atoms. The van der Waals surface area contributed by atoms with Crippen LogP contribution in [-0.4, -0.2) is 60.8 Å². The monoisotopic (exact) mass is 254 g/mol. The summed E-state index contributed by atoms with van der Waals surface area (Å²) in [5, 5.41) is 10.4. The van der Waals surface area contributed by atoms with Gasteiger partial charge in [-0.2, -0.15) is 0 Å². The highest BCUT2D eigenvalue weighted by Gasteiger charge is 2.29. The van der Waals surface area contributed by atoms with Crippen LogP contribution in [-0.2, 0) is 0 Å². The summed E-state index contributed by atoms with van der Waals surface area (Å²) in [6, 6.07) is 0. The lowest BCUT2D eigenvalue weighted by Crippen LogP contribution is -2.45. The summed E-state index contributed by atoms with van der Waals surface area (Å²) < 4.78 is 0. The van der Waals surface area contributed by atoms with Gasteiger partial charge < -0.3 is 14.9 Å². The van der Waals surface area contributed by atoms with Gasteiger partial charge in [-0.3, -0.25) is 0 Å². The van der Waals surface area contributed by atoms with Gasteiger partial charge in [-0.05, 0) is 70.2 Å². The first-order valence-electron chi connectivity index (χ1n) is 7.55. The Morgan fingerprint density at radius 2 is 1.67 bits per heavy atom. The standard InChI is InChI=1S/C15H30N2O/c1-15(2)6-10-17(11-7-15)12-14(18)13-4-8-16(3)9-5-13/h13-14,18H,4-12H2,1-3H3. The topological polar surface area (TPSA) is 26.7 Å². The Bertz CT molecular complexity index is 249. The van der Waals surface area contributed by atoms with Gasteiger partial charge in [-0.15, -0.1) is 0 Å². The van der Waals surface area contributed by atoms with Gasteiger partial charge >= 0.3 is 0 Å². The molecule has 0 aromatic rings. The van der Waals surface area contributed by atoms with E-state index in [9.17, 15) is 5.11 Å². The van der Waals surface area contributed by atoms with Crippen molar-refractivity contribution in [1.29, 1.82) is 0 Å². The maximum absolute atomic E-state index is 10.4. The van der Waals surface area contributed by atoms with Crippen LogP contribution in [0.4, 0.5) is 0 Å². The van der Waals surface area contributed by atoms with Crippen LogP contribution in [0.1, 0.15) is 39.5 Å². The molecular weight excluding hydrogens is 224 g/mol. The molecular formula is C15H30N2O. The number of β-amino-alcohol motifs (C(OH)–C–C–N with tert-alkyl or cyclic N) is 1. The predicted octanol–water partition coefficient (Wildman–Crippen LogP) is 1.81. The molecule has 106 valence electrons. The maximum atomic E-state index is 10.4. The van der Waals surface area contributed by atoms with Gasteiger partial charge in [0.2, 0.25) is 0 Å². The molecule has 2 heterocycles. The normalized spacial score (nSPS) is 29.3. The molecule has 0 aromatic heterocycles. The van der Waals surface area contributed by atoms with Gasteiger partial charge in [-0.25, -0.2) is 0 Å². The van der Waals surface area contributed by atoms with Crippen LogP contribution in [0, 0.1) is 11.3 Å². The lowest BCUT2D eigenvalue weighted by molar-refractivity contribution is 0.0193. The average molecular weight is 254 g/mol. The van der Waals surface area contributed by atoms with Crippen LogP contribution in [0.15, 0.2) is 0 Å². The van der Waals surface area contributed by atoms with Crippen molar-refractivity contribution in [3.63, 3.8) is 0 Å². The smallest absolute Gasteiger partial charge is 0.0696 e. The molecule has 2 aliphatic heterocycles. The summed E-state index contributed by atoms with van der Waals surface area (Å²) in [7, 11) is 2.18. The van der Waals surface area contributed by atoms with Crippen molar-refractivity contribution in [1.82, 2.24) is 9.80 Å². The number of rotatable bonds is 3. The lowest BCUT2D eigenvalue weighted by atomic mass is 9.82. The Hall–Kier alpha value is -0.120. The highest BCUT2D eigenvalue weighted by molar-refractivity contribution is 4.83. The van der Waals surface area contributed by atoms with E-state index < -0.39 is 0 Å². The molecule has 1 unspecified atom stereocenters. The molecule has 2 rings (SSSR count). The van der Waals surface area contributed by atoms with E-state index in [1.807, 2.05) is 0 Å². The Balaban J connectivity index is 1.73. The zero-order valence-electron chi connectivity index (χ0n) is 12.4. The molecule has 0 aliphatic carbocycles. The second-order valence-electron chi connectivity index (χ2n) is 7.17. The summed E-state index contributed by atoms with van der Waals surface area (Å²) in [5.41, 5.74) is 0.509. The molecule has 0 saturated carbocycles. The fraction of sp³-hybridized carbons (Fsp3) is 1.00. The van der Waals surface area contributed by atoms with E-state index in [0.29, 0.717) is 11.3 Å². The fourth-order valence-corrected chi connectivity index (χ4v) is 3.17. The Labute approximate surface area is 112 Å². The van der Waals surface area contributed by atoms with Gasteiger partial charge in [-0.1, -0.05) is 13.8 Å². The van der Waals surface area contributed by atoms with Crippen molar-refractivity contribution in [2.45, 2.75) is 45.6 Å². The summed E-state index contributed by atoms with van der Waals surface area (Å²) >= 11 is 0. The molecule has 1 N–H and O–H groups in total. The van der Waals surface area contributed by atoms with Gasteiger partial charge in [0.25, 0.3) is 0 Å². The van der Waals surface area contributed by atoms with Crippen molar-refractivity contribution in [3.8, 4) is 0 Å². The third kappa shape index (κ3) is 3.94. The van der Waals surface area contributed by atoms with Crippen LogP contribution in [0.2, 0.25) is 0 Å². The van der Waals surface area contributed by atoms with E-state index in [1.165, 1.54) is 12.8 Å². The first-order valence-corrected chi connectivity index (χ1v) is 7.55. The van der Waals surface area contributed by atoms with E-state index in [1.54, 1.807) is 0 Å². The highest BCUT2D eigenvalue weighted by Crippen LogP contribution is 2.30. The third-order valence-corrected chi connectivity index (χ3v) is 4.96.